The fraction of sp³-hybridized carbons (Fsp3) is 0.333. The quantitative estimate of drug-likeness (QED) is 0.658. The zero-order valence-corrected chi connectivity index (χ0v) is 7.73. The number of anilines is 1. The van der Waals surface area contributed by atoms with Crippen molar-refractivity contribution in [2.45, 2.75) is 17.1 Å². The van der Waals surface area contributed by atoms with Crippen LogP contribution in [0.3, 0.4) is 0 Å². The zero-order chi connectivity index (χ0) is 8.55. The molecule has 1 N–H and O–H groups in total. The minimum Gasteiger partial charge on any atom is -0.383 e. The van der Waals surface area contributed by atoms with E-state index >= 15 is 0 Å². The summed E-state index contributed by atoms with van der Waals surface area (Å²) >= 11 is 0. The van der Waals surface area contributed by atoms with Crippen LogP contribution < -0.4 is 5.32 Å². The Hall–Kier alpha value is -0.830. The molecule has 3 heteroatoms. The van der Waals surface area contributed by atoms with E-state index in [0.717, 1.165) is 17.1 Å². The van der Waals surface area contributed by atoms with Crippen molar-refractivity contribution in [1.82, 2.24) is 0 Å². The summed E-state index contributed by atoms with van der Waals surface area (Å²) in [4.78, 5) is 0.941. The van der Waals surface area contributed by atoms with Crippen LogP contribution in [0.2, 0.25) is 0 Å². The molecule has 0 aromatic heterocycles. The Balaban J connectivity index is 2.49. The number of benzene rings is 1. The average Bonchev–Trinajstić information content (AvgIpc) is 2.12. The maximum absolute atomic E-state index is 11.7. The highest BCUT2D eigenvalue weighted by molar-refractivity contribution is 7.86. The van der Waals surface area contributed by atoms with Gasteiger partial charge in [0, 0.05) is 6.54 Å². The van der Waals surface area contributed by atoms with Crippen LogP contribution in [-0.4, -0.2) is 16.0 Å². The van der Waals surface area contributed by atoms with Crippen molar-refractivity contribution in [3.8, 4) is 0 Å². The highest BCUT2D eigenvalue weighted by Crippen LogP contribution is 2.25. The average molecular weight is 181 g/mol. The molecule has 1 heterocycles. The lowest BCUT2D eigenvalue weighted by Crippen LogP contribution is -2.27. The summed E-state index contributed by atoms with van der Waals surface area (Å²) in [7, 11) is -0.822. The van der Waals surface area contributed by atoms with E-state index in [0.29, 0.717) is 0 Å². The van der Waals surface area contributed by atoms with Gasteiger partial charge in [-0.05, 0) is 19.1 Å². The molecule has 0 unspecified atom stereocenters. The molecule has 0 bridgehead atoms. The maximum atomic E-state index is 11.7. The number of nitrogens with one attached hydrogen (secondary N) is 1. The third kappa shape index (κ3) is 1.14. The van der Waals surface area contributed by atoms with Crippen LogP contribution in [0.5, 0.6) is 0 Å². The lowest BCUT2D eigenvalue weighted by atomic mass is 10.3. The molecular formula is C9H11NOS. The first-order valence-electron chi connectivity index (χ1n) is 4.02. The van der Waals surface area contributed by atoms with E-state index in [9.17, 15) is 4.21 Å². The molecule has 1 aliphatic heterocycles. The molecule has 0 fully saturated rings. The fourth-order valence-corrected chi connectivity index (χ4v) is 2.57. The van der Waals surface area contributed by atoms with Crippen LogP contribution in [0.4, 0.5) is 5.69 Å². The van der Waals surface area contributed by atoms with Gasteiger partial charge in [-0.15, -0.1) is 0 Å². The van der Waals surface area contributed by atoms with Gasteiger partial charge in [-0.2, -0.15) is 0 Å². The normalized spacial score (nSPS) is 27.4. The standard InChI is InChI=1S/C9H11NOS/c1-7-6-10-8-4-2-3-5-9(8)12(7)11/h2-5,7,10H,6H2,1H3/t7-,12+/m1/s1. The van der Waals surface area contributed by atoms with E-state index in [1.165, 1.54) is 0 Å². The van der Waals surface area contributed by atoms with E-state index in [1.807, 2.05) is 31.2 Å². The van der Waals surface area contributed by atoms with Crippen molar-refractivity contribution in [3.63, 3.8) is 0 Å². The lowest BCUT2D eigenvalue weighted by molar-refractivity contribution is 0.672. The van der Waals surface area contributed by atoms with Crippen LogP contribution >= 0.6 is 0 Å². The zero-order valence-electron chi connectivity index (χ0n) is 6.91. The molecule has 0 saturated carbocycles. The molecular weight excluding hydrogens is 170 g/mol. The van der Waals surface area contributed by atoms with Gasteiger partial charge in [0.2, 0.25) is 0 Å². The third-order valence-electron chi connectivity index (χ3n) is 2.05. The Kier molecular flexibility index (Phi) is 1.89. The van der Waals surface area contributed by atoms with E-state index in [1.54, 1.807) is 0 Å². The molecule has 1 aromatic rings. The number of hydrogen-bond acceptors (Lipinski definition) is 2. The lowest BCUT2D eigenvalue weighted by Gasteiger charge is -2.22. The van der Waals surface area contributed by atoms with Crippen molar-refractivity contribution in [2.75, 3.05) is 11.9 Å². The smallest absolute Gasteiger partial charge is 0.0622 e. The second-order valence-electron chi connectivity index (χ2n) is 2.99. The number of rotatable bonds is 0. The predicted molar refractivity (Wildman–Crippen MR) is 50.8 cm³/mol. The van der Waals surface area contributed by atoms with E-state index in [2.05, 4.69) is 5.32 Å². The first kappa shape index (κ1) is 7.80. The molecule has 64 valence electrons. The van der Waals surface area contributed by atoms with Gasteiger partial charge < -0.3 is 5.32 Å². The van der Waals surface area contributed by atoms with Gasteiger partial charge in [0.25, 0.3) is 0 Å². The largest absolute Gasteiger partial charge is 0.383 e. The van der Waals surface area contributed by atoms with Crippen molar-refractivity contribution in [1.29, 1.82) is 0 Å². The van der Waals surface area contributed by atoms with Gasteiger partial charge >= 0.3 is 0 Å². The van der Waals surface area contributed by atoms with Crippen LogP contribution in [0.15, 0.2) is 29.2 Å². The van der Waals surface area contributed by atoms with Crippen LogP contribution in [0, 0.1) is 0 Å². The minimum absolute atomic E-state index is 0.222. The highest BCUT2D eigenvalue weighted by Gasteiger charge is 2.20. The van der Waals surface area contributed by atoms with Gasteiger partial charge in [0.1, 0.15) is 0 Å². The second kappa shape index (κ2) is 2.90. The molecule has 2 nitrogen and oxygen atoms in total. The minimum atomic E-state index is -0.822. The molecule has 0 aliphatic carbocycles. The third-order valence-corrected chi connectivity index (χ3v) is 3.74. The summed E-state index contributed by atoms with van der Waals surface area (Å²) < 4.78 is 11.7. The Labute approximate surface area is 74.4 Å². The molecule has 1 aliphatic rings. The molecule has 0 radical (unpaired) electrons. The summed E-state index contributed by atoms with van der Waals surface area (Å²) in [6.07, 6.45) is 0. The van der Waals surface area contributed by atoms with E-state index < -0.39 is 10.8 Å². The summed E-state index contributed by atoms with van der Waals surface area (Å²) in [5.41, 5.74) is 1.02. The Morgan fingerprint density at radius 3 is 3.08 bits per heavy atom. The van der Waals surface area contributed by atoms with E-state index in [-0.39, 0.29) is 5.25 Å². The van der Waals surface area contributed by atoms with Gasteiger partial charge in [-0.1, -0.05) is 12.1 Å². The van der Waals surface area contributed by atoms with Gasteiger partial charge in [0.05, 0.1) is 26.6 Å². The molecule has 0 amide bonds. The fourth-order valence-electron chi connectivity index (χ4n) is 1.33. The Morgan fingerprint density at radius 2 is 2.25 bits per heavy atom. The predicted octanol–water partition coefficient (Wildman–Crippen LogP) is 1.61. The number of hydrogen-bond donors (Lipinski definition) is 1. The Morgan fingerprint density at radius 1 is 1.50 bits per heavy atom. The molecule has 2 atom stereocenters. The van der Waals surface area contributed by atoms with Crippen molar-refractivity contribution in [3.05, 3.63) is 24.3 Å². The maximum Gasteiger partial charge on any atom is 0.0622 e. The van der Waals surface area contributed by atoms with Crippen molar-refractivity contribution < 1.29 is 4.21 Å². The Bertz CT molecular complexity index is 324. The molecule has 2 rings (SSSR count). The summed E-state index contributed by atoms with van der Waals surface area (Å²) in [6.45, 7) is 2.81. The van der Waals surface area contributed by atoms with Gasteiger partial charge in [-0.25, -0.2) is 0 Å². The summed E-state index contributed by atoms with van der Waals surface area (Å²) in [5, 5.41) is 3.47. The van der Waals surface area contributed by atoms with Crippen LogP contribution in [-0.2, 0) is 10.8 Å². The van der Waals surface area contributed by atoms with Crippen molar-refractivity contribution in [2.24, 2.45) is 0 Å². The molecule has 12 heavy (non-hydrogen) atoms. The first-order chi connectivity index (χ1) is 5.79. The number of para-hydroxylation sites is 1. The SMILES string of the molecule is C[C@@H]1CNc2ccccc2[S@]1=O. The van der Waals surface area contributed by atoms with Gasteiger partial charge in [-0.3, -0.25) is 4.21 Å². The molecule has 1 aromatic carbocycles. The second-order valence-corrected chi connectivity index (χ2v) is 4.82. The molecule has 0 spiro atoms. The monoisotopic (exact) mass is 181 g/mol. The topological polar surface area (TPSA) is 29.1 Å². The highest BCUT2D eigenvalue weighted by atomic mass is 32.2. The molecule has 0 saturated heterocycles. The van der Waals surface area contributed by atoms with Crippen LogP contribution in [0.1, 0.15) is 6.92 Å². The van der Waals surface area contributed by atoms with E-state index in [4.69, 9.17) is 0 Å². The summed E-state index contributed by atoms with van der Waals surface area (Å²) in [5.74, 6) is 0. The first-order valence-corrected chi connectivity index (χ1v) is 5.24. The van der Waals surface area contributed by atoms with Crippen LogP contribution in [0.25, 0.3) is 0 Å². The summed E-state index contributed by atoms with van der Waals surface area (Å²) in [6, 6.07) is 7.78. The van der Waals surface area contributed by atoms with Gasteiger partial charge in [0.15, 0.2) is 0 Å². The number of fused-ring (bicyclic) bond motifs is 1. The van der Waals surface area contributed by atoms with Crippen molar-refractivity contribution >= 4 is 16.5 Å².